The summed E-state index contributed by atoms with van der Waals surface area (Å²) < 4.78 is 11.9. The average Bonchev–Trinajstić information content (AvgIpc) is 2.60. The van der Waals surface area contributed by atoms with E-state index in [4.69, 9.17) is 9.47 Å². The molecule has 0 fully saturated rings. The number of amides is 2. The van der Waals surface area contributed by atoms with Gasteiger partial charge < -0.3 is 14.8 Å². The van der Waals surface area contributed by atoms with E-state index in [9.17, 15) is 9.59 Å². The van der Waals surface area contributed by atoms with Gasteiger partial charge in [0.1, 0.15) is 0 Å². The molecule has 136 valence electrons. The maximum absolute atomic E-state index is 11.5. The molecule has 0 aliphatic carbocycles. The Kier molecular flexibility index (Phi) is 9.31. The molecule has 8 heteroatoms. The lowest BCUT2D eigenvalue weighted by molar-refractivity contribution is -0.139. The first-order chi connectivity index (χ1) is 12.0. The summed E-state index contributed by atoms with van der Waals surface area (Å²) in [6, 6.07) is 3.52. The van der Waals surface area contributed by atoms with Crippen molar-refractivity contribution in [2.24, 2.45) is 5.10 Å². The predicted octanol–water partition coefficient (Wildman–Crippen LogP) is 2.39. The molecule has 1 rings (SSSR count). The van der Waals surface area contributed by atoms with E-state index in [0.717, 1.165) is 10.9 Å². The van der Waals surface area contributed by atoms with Crippen LogP contribution in [-0.2, 0) is 9.59 Å². The smallest absolute Gasteiger partial charge is 0.329 e. The van der Waals surface area contributed by atoms with Crippen molar-refractivity contribution < 1.29 is 19.1 Å². The highest BCUT2D eigenvalue weighted by Crippen LogP contribution is 2.33. The van der Waals surface area contributed by atoms with Crippen molar-refractivity contribution in [1.29, 1.82) is 0 Å². The van der Waals surface area contributed by atoms with Gasteiger partial charge in [0.2, 0.25) is 0 Å². The van der Waals surface area contributed by atoms with Gasteiger partial charge in [0.05, 0.1) is 19.4 Å². The molecule has 0 unspecified atom stereocenters. The molecule has 0 radical (unpaired) electrons. The van der Waals surface area contributed by atoms with Crippen LogP contribution in [0.15, 0.2) is 34.4 Å². The predicted molar refractivity (Wildman–Crippen MR) is 100 cm³/mol. The number of nitrogens with one attached hydrogen (secondary N) is 2. The molecule has 0 heterocycles. The van der Waals surface area contributed by atoms with Crippen molar-refractivity contribution in [3.63, 3.8) is 0 Å². The highest BCUT2D eigenvalue weighted by atomic mass is 79.9. The minimum atomic E-state index is -0.859. The zero-order chi connectivity index (χ0) is 18.7. The lowest BCUT2D eigenvalue weighted by atomic mass is 10.2. The molecule has 2 amide bonds. The van der Waals surface area contributed by atoms with Crippen molar-refractivity contribution >= 4 is 34.0 Å². The number of hydrazone groups is 1. The van der Waals surface area contributed by atoms with Crippen molar-refractivity contribution in [2.75, 3.05) is 19.8 Å². The van der Waals surface area contributed by atoms with Crippen LogP contribution in [0.4, 0.5) is 0 Å². The van der Waals surface area contributed by atoms with Gasteiger partial charge in [-0.1, -0.05) is 13.0 Å². The quantitative estimate of drug-likeness (QED) is 0.282. The molecular formula is C17H22BrN3O4. The maximum atomic E-state index is 11.5. The van der Waals surface area contributed by atoms with Crippen molar-refractivity contribution in [2.45, 2.75) is 20.3 Å². The third-order valence-electron chi connectivity index (χ3n) is 2.81. The Hall–Kier alpha value is -2.35. The van der Waals surface area contributed by atoms with E-state index >= 15 is 0 Å². The number of carbonyl (C=O) groups excluding carboxylic acids is 2. The van der Waals surface area contributed by atoms with Crippen molar-refractivity contribution in [3.05, 3.63) is 34.8 Å². The molecule has 7 nitrogen and oxygen atoms in total. The van der Waals surface area contributed by atoms with Gasteiger partial charge >= 0.3 is 11.8 Å². The van der Waals surface area contributed by atoms with Crippen LogP contribution >= 0.6 is 15.9 Å². The second-order valence-electron chi connectivity index (χ2n) is 4.80. The highest BCUT2D eigenvalue weighted by molar-refractivity contribution is 9.10. The van der Waals surface area contributed by atoms with Crippen LogP contribution in [0.25, 0.3) is 0 Å². The van der Waals surface area contributed by atoms with E-state index < -0.39 is 11.8 Å². The van der Waals surface area contributed by atoms with Gasteiger partial charge in [0, 0.05) is 16.6 Å². The number of hydrogen-bond acceptors (Lipinski definition) is 5. The van der Waals surface area contributed by atoms with Crippen LogP contribution in [-0.4, -0.2) is 37.8 Å². The normalized spacial score (nSPS) is 10.4. The Morgan fingerprint density at radius 1 is 1.24 bits per heavy atom. The van der Waals surface area contributed by atoms with E-state index in [-0.39, 0.29) is 6.54 Å². The summed E-state index contributed by atoms with van der Waals surface area (Å²) in [6.45, 7) is 8.62. The summed E-state index contributed by atoms with van der Waals surface area (Å²) in [4.78, 5) is 22.9. The Morgan fingerprint density at radius 2 is 1.96 bits per heavy atom. The van der Waals surface area contributed by atoms with Gasteiger partial charge in [-0.2, -0.15) is 5.10 Å². The molecule has 0 spiro atoms. The summed E-state index contributed by atoms with van der Waals surface area (Å²) in [7, 11) is 0. The fourth-order valence-corrected chi connectivity index (χ4v) is 2.12. The summed E-state index contributed by atoms with van der Waals surface area (Å²) in [5.74, 6) is -0.437. The SMILES string of the molecule is C=CCNC(=O)C(=O)N/N=C\c1cc(OCC)c(OCCC)cc1Br. The molecular weight excluding hydrogens is 390 g/mol. The Balaban J connectivity index is 2.83. The van der Waals surface area contributed by atoms with E-state index in [2.05, 4.69) is 38.4 Å². The Labute approximate surface area is 155 Å². The van der Waals surface area contributed by atoms with E-state index in [0.29, 0.717) is 30.3 Å². The number of halogens is 1. The first-order valence-corrected chi connectivity index (χ1v) is 8.64. The first kappa shape index (κ1) is 20.7. The van der Waals surface area contributed by atoms with Crippen molar-refractivity contribution in [3.8, 4) is 11.5 Å². The lowest BCUT2D eigenvalue weighted by Crippen LogP contribution is -2.37. The van der Waals surface area contributed by atoms with Crippen LogP contribution in [0.1, 0.15) is 25.8 Å². The molecule has 1 aromatic carbocycles. The van der Waals surface area contributed by atoms with Gasteiger partial charge in [-0.05, 0) is 41.4 Å². The zero-order valence-electron chi connectivity index (χ0n) is 14.3. The number of hydrogen-bond donors (Lipinski definition) is 2. The molecule has 25 heavy (non-hydrogen) atoms. The summed E-state index contributed by atoms with van der Waals surface area (Å²) >= 11 is 3.42. The fraction of sp³-hybridized carbons (Fsp3) is 0.353. The first-order valence-electron chi connectivity index (χ1n) is 7.84. The molecule has 0 aliphatic heterocycles. The monoisotopic (exact) mass is 411 g/mol. The maximum Gasteiger partial charge on any atom is 0.329 e. The van der Waals surface area contributed by atoms with E-state index in [1.165, 1.54) is 12.3 Å². The largest absolute Gasteiger partial charge is 0.490 e. The minimum Gasteiger partial charge on any atom is -0.490 e. The van der Waals surface area contributed by atoms with Crippen LogP contribution < -0.4 is 20.2 Å². The number of carbonyl (C=O) groups is 2. The second kappa shape index (κ2) is 11.2. The van der Waals surface area contributed by atoms with Gasteiger partial charge in [-0.15, -0.1) is 6.58 Å². The Morgan fingerprint density at radius 3 is 2.60 bits per heavy atom. The third kappa shape index (κ3) is 6.96. The van der Waals surface area contributed by atoms with Gasteiger partial charge in [-0.3, -0.25) is 9.59 Å². The molecule has 0 bridgehead atoms. The topological polar surface area (TPSA) is 89.0 Å². The average molecular weight is 412 g/mol. The second-order valence-corrected chi connectivity index (χ2v) is 5.65. The van der Waals surface area contributed by atoms with Gasteiger partial charge in [-0.25, -0.2) is 5.43 Å². The van der Waals surface area contributed by atoms with Gasteiger partial charge in [0.15, 0.2) is 11.5 Å². The molecule has 1 aromatic rings. The lowest BCUT2D eigenvalue weighted by Gasteiger charge is -2.13. The molecule has 0 atom stereocenters. The zero-order valence-corrected chi connectivity index (χ0v) is 15.9. The van der Waals surface area contributed by atoms with E-state index in [1.807, 2.05) is 13.8 Å². The number of benzene rings is 1. The number of ether oxygens (including phenoxy) is 2. The minimum absolute atomic E-state index is 0.207. The van der Waals surface area contributed by atoms with E-state index in [1.54, 1.807) is 12.1 Å². The van der Waals surface area contributed by atoms with Crippen LogP contribution in [0.3, 0.4) is 0 Å². The molecule has 0 saturated carbocycles. The number of nitrogens with zero attached hydrogens (tertiary/aromatic N) is 1. The van der Waals surface area contributed by atoms with Crippen LogP contribution in [0.5, 0.6) is 11.5 Å². The standard InChI is InChI=1S/C17H22BrN3O4/c1-4-7-19-16(22)17(23)21-20-11-12-9-14(24-6-3)15(10-13(12)18)25-8-5-2/h4,9-11H,1,5-8H2,2-3H3,(H,19,22)(H,21,23)/b20-11-. The van der Waals surface area contributed by atoms with Crippen LogP contribution in [0.2, 0.25) is 0 Å². The third-order valence-corrected chi connectivity index (χ3v) is 3.49. The summed E-state index contributed by atoms with van der Waals surface area (Å²) in [6.07, 6.45) is 3.77. The Bertz CT molecular complexity index is 647. The molecule has 0 aromatic heterocycles. The van der Waals surface area contributed by atoms with Crippen LogP contribution in [0, 0.1) is 0 Å². The molecule has 0 aliphatic rings. The summed E-state index contributed by atoms with van der Waals surface area (Å²) in [5.41, 5.74) is 2.82. The van der Waals surface area contributed by atoms with Gasteiger partial charge in [0.25, 0.3) is 0 Å². The van der Waals surface area contributed by atoms with Crippen molar-refractivity contribution in [1.82, 2.24) is 10.7 Å². The fourth-order valence-electron chi connectivity index (χ4n) is 1.70. The molecule has 2 N–H and O–H groups in total. The highest BCUT2D eigenvalue weighted by Gasteiger charge is 2.12. The number of rotatable bonds is 9. The summed E-state index contributed by atoms with van der Waals surface area (Å²) in [5, 5.41) is 6.14. The molecule has 0 saturated heterocycles.